The maximum atomic E-state index is 13.0. The number of hydrogen-bond acceptors (Lipinski definition) is 4. The number of nitrogens with zero attached hydrogens (tertiary/aromatic N) is 1. The van der Waals surface area contributed by atoms with Crippen molar-refractivity contribution >= 4 is 40.8 Å². The van der Waals surface area contributed by atoms with Crippen molar-refractivity contribution in [1.29, 1.82) is 0 Å². The van der Waals surface area contributed by atoms with Gasteiger partial charge in [0.15, 0.2) is 0 Å². The third-order valence-corrected chi connectivity index (χ3v) is 5.36. The van der Waals surface area contributed by atoms with E-state index in [9.17, 15) is 9.59 Å². The number of carbonyl (C=O) groups excluding carboxylic acids is 2. The first-order chi connectivity index (χ1) is 12.5. The van der Waals surface area contributed by atoms with E-state index in [4.69, 9.17) is 16.7 Å². The number of aliphatic hydroxyl groups is 1. The molecule has 0 radical (unpaired) electrons. The lowest BCUT2D eigenvalue weighted by Crippen LogP contribution is -2.31. The van der Waals surface area contributed by atoms with E-state index < -0.39 is 0 Å². The molecule has 0 fully saturated rings. The van der Waals surface area contributed by atoms with Crippen LogP contribution in [-0.4, -0.2) is 34.2 Å². The zero-order valence-corrected chi connectivity index (χ0v) is 15.8. The molecule has 3 rings (SSSR count). The van der Waals surface area contributed by atoms with Crippen molar-refractivity contribution in [2.24, 2.45) is 0 Å². The smallest absolute Gasteiger partial charge is 0.268 e. The molecular weight excluding hydrogens is 370 g/mol. The molecule has 2 amide bonds. The molecule has 1 aliphatic rings. The van der Waals surface area contributed by atoms with Gasteiger partial charge in [-0.15, -0.1) is 11.8 Å². The predicted octanol–water partition coefficient (Wildman–Crippen LogP) is 3.65. The maximum absolute atomic E-state index is 13.0. The first kappa shape index (κ1) is 18.7. The van der Waals surface area contributed by atoms with Crippen molar-refractivity contribution in [2.45, 2.75) is 13.5 Å². The third-order valence-electron chi connectivity index (χ3n) is 4.06. The van der Waals surface area contributed by atoms with Gasteiger partial charge in [0.2, 0.25) is 0 Å². The Bertz CT molecular complexity index is 860. The number of halogens is 1. The highest BCUT2D eigenvalue weighted by atomic mass is 35.5. The predicted molar refractivity (Wildman–Crippen MR) is 105 cm³/mol. The summed E-state index contributed by atoms with van der Waals surface area (Å²) < 4.78 is 0. The van der Waals surface area contributed by atoms with E-state index in [2.05, 4.69) is 0 Å². The van der Waals surface area contributed by atoms with Crippen LogP contribution in [0, 0.1) is 6.92 Å². The molecule has 0 aromatic heterocycles. The van der Waals surface area contributed by atoms with Gasteiger partial charge in [0, 0.05) is 10.8 Å². The van der Waals surface area contributed by atoms with Crippen LogP contribution in [0.15, 0.2) is 53.4 Å². The molecule has 134 valence electrons. The van der Waals surface area contributed by atoms with Crippen molar-refractivity contribution in [3.63, 3.8) is 0 Å². The van der Waals surface area contributed by atoms with Crippen LogP contribution in [0.2, 0.25) is 5.02 Å². The maximum Gasteiger partial charge on any atom is 0.268 e. The molecule has 26 heavy (non-hydrogen) atoms. The SMILES string of the molecule is Cc1ccc(CN2C(=O)C(SCCO)=C(c3ccc(Cl)cc3)C2=O)cc1. The van der Waals surface area contributed by atoms with E-state index in [0.29, 0.717) is 26.8 Å². The Labute approximate surface area is 161 Å². The largest absolute Gasteiger partial charge is 0.396 e. The number of thioether (sulfide) groups is 1. The molecule has 0 atom stereocenters. The molecule has 0 unspecified atom stereocenters. The van der Waals surface area contributed by atoms with Crippen LogP contribution in [-0.2, 0) is 16.1 Å². The highest BCUT2D eigenvalue weighted by molar-refractivity contribution is 8.04. The summed E-state index contributed by atoms with van der Waals surface area (Å²) in [6.07, 6.45) is 0. The van der Waals surface area contributed by atoms with E-state index in [1.807, 2.05) is 31.2 Å². The minimum atomic E-state index is -0.321. The van der Waals surface area contributed by atoms with Gasteiger partial charge in [0.25, 0.3) is 11.8 Å². The molecule has 0 aliphatic carbocycles. The lowest BCUT2D eigenvalue weighted by molar-refractivity contribution is -0.137. The minimum absolute atomic E-state index is 0.0680. The van der Waals surface area contributed by atoms with Gasteiger partial charge in [-0.25, -0.2) is 0 Å². The molecule has 1 N–H and O–H groups in total. The number of benzene rings is 2. The summed E-state index contributed by atoms with van der Waals surface area (Å²) in [5.41, 5.74) is 3.03. The molecule has 2 aromatic rings. The first-order valence-electron chi connectivity index (χ1n) is 8.17. The van der Waals surface area contributed by atoms with Crippen LogP contribution in [0.5, 0.6) is 0 Å². The van der Waals surface area contributed by atoms with Crippen LogP contribution >= 0.6 is 23.4 Å². The van der Waals surface area contributed by atoms with Crippen molar-refractivity contribution in [1.82, 2.24) is 4.90 Å². The molecule has 6 heteroatoms. The summed E-state index contributed by atoms with van der Waals surface area (Å²) in [7, 11) is 0. The average molecular weight is 388 g/mol. The number of aliphatic hydroxyl groups excluding tert-OH is 1. The van der Waals surface area contributed by atoms with Crippen molar-refractivity contribution in [3.05, 3.63) is 75.1 Å². The van der Waals surface area contributed by atoms with E-state index in [1.54, 1.807) is 24.3 Å². The molecule has 4 nitrogen and oxygen atoms in total. The lowest BCUT2D eigenvalue weighted by Gasteiger charge is -2.15. The second kappa shape index (κ2) is 8.08. The molecule has 0 saturated heterocycles. The fraction of sp³-hybridized carbons (Fsp3) is 0.200. The quantitative estimate of drug-likeness (QED) is 0.768. The fourth-order valence-electron chi connectivity index (χ4n) is 2.73. The number of carbonyl (C=O) groups is 2. The number of amides is 2. The van der Waals surface area contributed by atoms with Gasteiger partial charge >= 0.3 is 0 Å². The van der Waals surface area contributed by atoms with Crippen LogP contribution in [0.25, 0.3) is 5.57 Å². The Kier molecular flexibility index (Phi) is 5.81. The van der Waals surface area contributed by atoms with Gasteiger partial charge in [-0.2, -0.15) is 0 Å². The number of rotatable bonds is 6. The molecule has 2 aromatic carbocycles. The first-order valence-corrected chi connectivity index (χ1v) is 9.53. The lowest BCUT2D eigenvalue weighted by atomic mass is 10.1. The molecule has 0 bridgehead atoms. The van der Waals surface area contributed by atoms with E-state index in [0.717, 1.165) is 11.1 Å². The zero-order valence-electron chi connectivity index (χ0n) is 14.2. The Balaban J connectivity index is 1.94. The Morgan fingerprint density at radius 1 is 1.00 bits per heavy atom. The molecule has 0 saturated carbocycles. The Hall–Kier alpha value is -2.08. The number of aryl methyl sites for hydroxylation is 1. The van der Waals surface area contributed by atoms with E-state index in [-0.39, 0.29) is 25.0 Å². The van der Waals surface area contributed by atoms with Crippen LogP contribution in [0.4, 0.5) is 0 Å². The number of hydrogen-bond donors (Lipinski definition) is 1. The van der Waals surface area contributed by atoms with Gasteiger partial charge in [-0.05, 0) is 30.2 Å². The third kappa shape index (κ3) is 3.85. The van der Waals surface area contributed by atoms with Gasteiger partial charge in [-0.3, -0.25) is 14.5 Å². The summed E-state index contributed by atoms with van der Waals surface area (Å²) >= 11 is 7.14. The summed E-state index contributed by atoms with van der Waals surface area (Å²) in [6, 6.07) is 14.6. The van der Waals surface area contributed by atoms with Crippen molar-refractivity contribution in [2.75, 3.05) is 12.4 Å². The number of imide groups is 1. The zero-order chi connectivity index (χ0) is 18.7. The molecule has 1 aliphatic heterocycles. The normalized spacial score (nSPS) is 14.5. The molecular formula is C20H18ClNO3S. The van der Waals surface area contributed by atoms with Crippen molar-refractivity contribution < 1.29 is 14.7 Å². The second-order valence-electron chi connectivity index (χ2n) is 5.97. The standard InChI is InChI=1S/C20H18ClNO3S/c1-13-2-4-14(5-3-13)12-22-19(24)17(15-6-8-16(21)9-7-15)18(20(22)25)26-11-10-23/h2-9,23H,10-12H2,1H3. The van der Waals surface area contributed by atoms with Crippen molar-refractivity contribution in [3.8, 4) is 0 Å². The summed E-state index contributed by atoms with van der Waals surface area (Å²) in [5, 5.41) is 9.69. The highest BCUT2D eigenvalue weighted by Crippen LogP contribution is 2.37. The van der Waals surface area contributed by atoms with E-state index in [1.165, 1.54) is 16.7 Å². The van der Waals surface area contributed by atoms with Crippen LogP contribution < -0.4 is 0 Å². The monoisotopic (exact) mass is 387 g/mol. The fourth-order valence-corrected chi connectivity index (χ4v) is 3.73. The summed E-state index contributed by atoms with van der Waals surface area (Å²) in [4.78, 5) is 27.5. The highest BCUT2D eigenvalue weighted by Gasteiger charge is 2.38. The Morgan fingerprint density at radius 3 is 2.27 bits per heavy atom. The van der Waals surface area contributed by atoms with Gasteiger partial charge in [0.1, 0.15) is 0 Å². The van der Waals surface area contributed by atoms with Gasteiger partial charge in [-0.1, -0.05) is 53.6 Å². The van der Waals surface area contributed by atoms with Gasteiger partial charge < -0.3 is 5.11 Å². The summed E-state index contributed by atoms with van der Waals surface area (Å²) in [6.45, 7) is 2.14. The second-order valence-corrected chi connectivity index (χ2v) is 7.51. The van der Waals surface area contributed by atoms with Gasteiger partial charge in [0.05, 0.1) is 23.6 Å². The molecule has 1 heterocycles. The molecule has 0 spiro atoms. The van der Waals surface area contributed by atoms with Crippen LogP contribution in [0.3, 0.4) is 0 Å². The Morgan fingerprint density at radius 2 is 1.65 bits per heavy atom. The minimum Gasteiger partial charge on any atom is -0.396 e. The average Bonchev–Trinajstić information content (AvgIpc) is 2.87. The topological polar surface area (TPSA) is 57.6 Å². The van der Waals surface area contributed by atoms with E-state index >= 15 is 0 Å². The van der Waals surface area contributed by atoms with Crippen LogP contribution in [0.1, 0.15) is 16.7 Å². The summed E-state index contributed by atoms with van der Waals surface area (Å²) in [5.74, 6) is -0.290.